The summed E-state index contributed by atoms with van der Waals surface area (Å²) in [5.41, 5.74) is -0.830. The molecule has 1 N–H and O–H groups in total. The van der Waals surface area contributed by atoms with E-state index in [2.05, 4.69) is 21.2 Å². The highest BCUT2D eigenvalue weighted by atomic mass is 79.9. The number of hydrogen-bond acceptors (Lipinski definition) is 1. The van der Waals surface area contributed by atoms with Gasteiger partial charge in [-0.3, -0.25) is 4.79 Å². The number of nitrogens with one attached hydrogen (secondary N) is 1. The number of amides is 1. The van der Waals surface area contributed by atoms with Crippen molar-refractivity contribution in [2.45, 2.75) is 26.4 Å². The van der Waals surface area contributed by atoms with Crippen molar-refractivity contribution >= 4 is 21.8 Å². The van der Waals surface area contributed by atoms with Crippen LogP contribution in [0.25, 0.3) is 0 Å². The van der Waals surface area contributed by atoms with Crippen LogP contribution in [0.3, 0.4) is 0 Å². The van der Waals surface area contributed by atoms with Crippen LogP contribution >= 0.6 is 15.9 Å². The van der Waals surface area contributed by atoms with E-state index >= 15 is 0 Å². The molecule has 0 unspecified atom stereocenters. The average molecular weight is 338 g/mol. The lowest BCUT2D eigenvalue weighted by molar-refractivity contribution is -0.138. The number of halogens is 4. The van der Waals surface area contributed by atoms with Gasteiger partial charge in [-0.05, 0) is 30.5 Å². The van der Waals surface area contributed by atoms with Gasteiger partial charge in [0.25, 0.3) is 5.91 Å². The highest BCUT2D eigenvalue weighted by molar-refractivity contribution is 9.10. The number of benzene rings is 1. The first-order valence-electron chi connectivity index (χ1n) is 5.86. The topological polar surface area (TPSA) is 29.1 Å². The molecule has 0 spiro atoms. The van der Waals surface area contributed by atoms with Crippen molar-refractivity contribution in [3.8, 4) is 0 Å². The molecule has 106 valence electrons. The summed E-state index contributed by atoms with van der Waals surface area (Å²) < 4.78 is 38.0. The van der Waals surface area contributed by atoms with Crippen molar-refractivity contribution in [3.05, 3.63) is 33.8 Å². The Bertz CT molecular complexity index is 458. The molecule has 1 amide bonds. The van der Waals surface area contributed by atoms with Crippen molar-refractivity contribution in [1.29, 1.82) is 0 Å². The molecule has 0 aliphatic heterocycles. The quantitative estimate of drug-likeness (QED) is 0.874. The zero-order valence-corrected chi connectivity index (χ0v) is 12.2. The summed E-state index contributed by atoms with van der Waals surface area (Å²) >= 11 is 2.84. The molecule has 19 heavy (non-hydrogen) atoms. The summed E-state index contributed by atoms with van der Waals surface area (Å²) in [6.45, 7) is 4.47. The van der Waals surface area contributed by atoms with E-state index in [0.717, 1.165) is 12.5 Å². The minimum Gasteiger partial charge on any atom is -0.352 e. The molecule has 2 nitrogen and oxygen atoms in total. The Hall–Kier alpha value is -1.04. The van der Waals surface area contributed by atoms with Gasteiger partial charge in [0, 0.05) is 16.6 Å². The number of rotatable bonds is 4. The third kappa shape index (κ3) is 4.86. The lowest BCUT2D eigenvalue weighted by Crippen LogP contribution is -2.25. The zero-order valence-electron chi connectivity index (χ0n) is 10.6. The summed E-state index contributed by atoms with van der Waals surface area (Å²) in [5, 5.41) is 2.61. The number of hydrogen-bond donors (Lipinski definition) is 1. The van der Waals surface area contributed by atoms with Crippen LogP contribution in [-0.2, 0) is 6.18 Å². The Morgan fingerprint density at radius 1 is 1.37 bits per heavy atom. The van der Waals surface area contributed by atoms with E-state index in [1.165, 1.54) is 12.1 Å². The van der Waals surface area contributed by atoms with Crippen molar-refractivity contribution in [3.63, 3.8) is 0 Å². The van der Waals surface area contributed by atoms with Crippen molar-refractivity contribution in [2.24, 2.45) is 5.92 Å². The van der Waals surface area contributed by atoms with Crippen LogP contribution in [0.2, 0.25) is 0 Å². The predicted molar refractivity (Wildman–Crippen MR) is 70.9 cm³/mol. The van der Waals surface area contributed by atoms with Gasteiger partial charge in [-0.15, -0.1) is 0 Å². The zero-order chi connectivity index (χ0) is 14.6. The van der Waals surface area contributed by atoms with Gasteiger partial charge in [0.2, 0.25) is 0 Å². The van der Waals surface area contributed by atoms with Crippen LogP contribution < -0.4 is 5.32 Å². The van der Waals surface area contributed by atoms with Gasteiger partial charge < -0.3 is 5.32 Å². The summed E-state index contributed by atoms with van der Waals surface area (Å²) in [7, 11) is 0. The normalized spacial score (nSPS) is 11.7. The first-order chi connectivity index (χ1) is 8.71. The molecule has 0 atom stereocenters. The van der Waals surface area contributed by atoms with Crippen LogP contribution in [0.1, 0.15) is 36.2 Å². The first-order valence-corrected chi connectivity index (χ1v) is 6.66. The maximum Gasteiger partial charge on any atom is 0.417 e. The molecular weight excluding hydrogens is 323 g/mol. The third-order valence-electron chi connectivity index (χ3n) is 2.54. The van der Waals surface area contributed by atoms with Gasteiger partial charge in [-0.25, -0.2) is 0 Å². The van der Waals surface area contributed by atoms with E-state index in [1.54, 1.807) is 0 Å². The Kier molecular flexibility index (Phi) is 5.40. The molecule has 0 fully saturated rings. The maximum absolute atomic E-state index is 12.7. The maximum atomic E-state index is 12.7. The molecule has 1 aromatic rings. The summed E-state index contributed by atoms with van der Waals surface area (Å²) in [5.74, 6) is -0.0606. The second-order valence-electron chi connectivity index (χ2n) is 4.63. The average Bonchev–Trinajstić information content (AvgIpc) is 2.27. The van der Waals surface area contributed by atoms with Gasteiger partial charge >= 0.3 is 6.18 Å². The Morgan fingerprint density at radius 2 is 2.00 bits per heavy atom. The summed E-state index contributed by atoms with van der Waals surface area (Å²) in [6.07, 6.45) is -3.69. The minimum absolute atomic E-state index is 0.0132. The van der Waals surface area contributed by atoms with Gasteiger partial charge in [-0.2, -0.15) is 13.2 Å². The lowest BCUT2D eigenvalue weighted by atomic mass is 10.1. The van der Waals surface area contributed by atoms with Crippen molar-refractivity contribution in [1.82, 2.24) is 5.32 Å². The molecule has 0 radical (unpaired) electrons. The monoisotopic (exact) mass is 337 g/mol. The Balaban J connectivity index is 2.82. The van der Waals surface area contributed by atoms with E-state index in [4.69, 9.17) is 0 Å². The van der Waals surface area contributed by atoms with Crippen LogP contribution in [0.15, 0.2) is 22.7 Å². The predicted octanol–water partition coefficient (Wildman–Crippen LogP) is 4.24. The lowest BCUT2D eigenvalue weighted by Gasteiger charge is -2.11. The molecule has 1 aromatic carbocycles. The molecule has 6 heteroatoms. The molecule has 0 aromatic heterocycles. The van der Waals surface area contributed by atoms with E-state index in [0.29, 0.717) is 12.5 Å². The molecule has 0 heterocycles. The standard InChI is InChI=1S/C13H15BrF3NO/c1-8(2)5-6-18-12(19)9-3-4-11(14)10(7-9)13(15,16)17/h3-4,7-8H,5-6H2,1-2H3,(H,18,19). The number of carbonyl (C=O) groups excluding carboxylic acids is 1. The Labute approximate surface area is 118 Å². The second-order valence-corrected chi connectivity index (χ2v) is 5.49. The molecule has 0 bridgehead atoms. The molecule has 0 aliphatic carbocycles. The van der Waals surface area contributed by atoms with Gasteiger partial charge in [0.05, 0.1) is 5.56 Å². The molecular formula is C13H15BrF3NO. The summed E-state index contributed by atoms with van der Waals surface area (Å²) in [6, 6.07) is 3.46. The smallest absolute Gasteiger partial charge is 0.352 e. The van der Waals surface area contributed by atoms with Gasteiger partial charge in [-0.1, -0.05) is 29.8 Å². The van der Waals surface area contributed by atoms with Gasteiger partial charge in [0.15, 0.2) is 0 Å². The van der Waals surface area contributed by atoms with Crippen LogP contribution in [-0.4, -0.2) is 12.5 Å². The number of alkyl halides is 3. The van der Waals surface area contributed by atoms with E-state index < -0.39 is 17.6 Å². The van der Waals surface area contributed by atoms with Crippen LogP contribution in [0.5, 0.6) is 0 Å². The fraction of sp³-hybridized carbons (Fsp3) is 0.462. The molecule has 0 saturated carbocycles. The largest absolute Gasteiger partial charge is 0.417 e. The molecule has 0 aliphatic rings. The highest BCUT2D eigenvalue weighted by Gasteiger charge is 2.33. The highest BCUT2D eigenvalue weighted by Crippen LogP contribution is 2.35. The first kappa shape index (κ1) is 16.0. The van der Waals surface area contributed by atoms with Crippen molar-refractivity contribution < 1.29 is 18.0 Å². The Morgan fingerprint density at radius 3 is 2.53 bits per heavy atom. The van der Waals surface area contributed by atoms with E-state index in [9.17, 15) is 18.0 Å². The van der Waals surface area contributed by atoms with Crippen LogP contribution in [0, 0.1) is 5.92 Å². The van der Waals surface area contributed by atoms with E-state index in [-0.39, 0.29) is 10.0 Å². The summed E-state index contributed by atoms with van der Waals surface area (Å²) in [4.78, 5) is 11.7. The number of carbonyl (C=O) groups is 1. The van der Waals surface area contributed by atoms with Gasteiger partial charge in [0.1, 0.15) is 0 Å². The fourth-order valence-electron chi connectivity index (χ4n) is 1.46. The van der Waals surface area contributed by atoms with Crippen LogP contribution in [0.4, 0.5) is 13.2 Å². The fourth-order valence-corrected chi connectivity index (χ4v) is 1.93. The molecule has 1 rings (SSSR count). The SMILES string of the molecule is CC(C)CCNC(=O)c1ccc(Br)c(C(F)(F)F)c1. The van der Waals surface area contributed by atoms with Crippen molar-refractivity contribution in [2.75, 3.05) is 6.54 Å². The molecule has 0 saturated heterocycles. The second kappa shape index (κ2) is 6.41. The third-order valence-corrected chi connectivity index (χ3v) is 3.23. The minimum atomic E-state index is -4.48. The van der Waals surface area contributed by atoms with E-state index in [1.807, 2.05) is 13.8 Å².